The van der Waals surface area contributed by atoms with Gasteiger partial charge >= 0.3 is 5.97 Å². The number of benzene rings is 1. The van der Waals surface area contributed by atoms with Gasteiger partial charge in [-0.2, -0.15) is 0 Å². The maximum atomic E-state index is 12.4. The van der Waals surface area contributed by atoms with Crippen molar-refractivity contribution in [2.75, 3.05) is 12.3 Å². The quantitative estimate of drug-likeness (QED) is 0.456. The summed E-state index contributed by atoms with van der Waals surface area (Å²) in [7, 11) is 0. The van der Waals surface area contributed by atoms with Crippen molar-refractivity contribution >= 4 is 23.6 Å². The molecule has 0 spiro atoms. The molecule has 6 nitrogen and oxygen atoms in total. The van der Waals surface area contributed by atoms with E-state index in [2.05, 4.69) is 12.2 Å². The molecule has 28 heavy (non-hydrogen) atoms. The van der Waals surface area contributed by atoms with Crippen LogP contribution in [0.25, 0.3) is 0 Å². The Labute approximate surface area is 171 Å². The Morgan fingerprint density at radius 3 is 2.68 bits per heavy atom. The highest BCUT2D eigenvalue weighted by atomic mass is 32.2. The van der Waals surface area contributed by atoms with E-state index in [1.165, 1.54) is 19.8 Å². The van der Waals surface area contributed by atoms with Gasteiger partial charge in [-0.3, -0.25) is 4.79 Å². The van der Waals surface area contributed by atoms with Crippen LogP contribution < -0.4 is 5.32 Å². The Morgan fingerprint density at radius 2 is 2.00 bits per heavy atom. The van der Waals surface area contributed by atoms with E-state index in [9.17, 15) is 14.7 Å². The van der Waals surface area contributed by atoms with Crippen molar-refractivity contribution in [1.29, 1.82) is 0 Å². The summed E-state index contributed by atoms with van der Waals surface area (Å²) in [5, 5.41) is 13.5. The molecule has 4 atom stereocenters. The minimum Gasteiger partial charge on any atom is -0.456 e. The fourth-order valence-electron chi connectivity index (χ4n) is 3.05. The van der Waals surface area contributed by atoms with Crippen molar-refractivity contribution in [2.45, 2.75) is 69.7 Å². The zero-order chi connectivity index (χ0) is 20.4. The maximum Gasteiger partial charge on any atom is 0.338 e. The third-order valence-corrected chi connectivity index (χ3v) is 5.85. The lowest BCUT2D eigenvalue weighted by atomic mass is 10.0. The summed E-state index contributed by atoms with van der Waals surface area (Å²) >= 11 is 1.54. The van der Waals surface area contributed by atoms with Gasteiger partial charge in [0.2, 0.25) is 5.91 Å². The molecule has 2 rings (SSSR count). The molecule has 2 N–H and O–H groups in total. The summed E-state index contributed by atoms with van der Waals surface area (Å²) in [5.74, 6) is 0.265. The van der Waals surface area contributed by atoms with Gasteiger partial charge in [0.05, 0.1) is 11.7 Å². The SMILES string of the molecule is CCCCCCS[C@H]1O[C@@H](CNC(C)=O)C[C@@H](OC(=O)c2ccccc2)[C@H]1O. The summed E-state index contributed by atoms with van der Waals surface area (Å²) in [6.07, 6.45) is 3.01. The molecular formula is C21H31NO5S. The monoisotopic (exact) mass is 409 g/mol. The van der Waals surface area contributed by atoms with E-state index < -0.39 is 23.6 Å². The highest BCUT2D eigenvalue weighted by molar-refractivity contribution is 7.99. The molecule has 1 amide bonds. The second-order valence-electron chi connectivity index (χ2n) is 7.03. The first-order valence-corrected chi connectivity index (χ1v) is 11.0. The molecule has 1 aliphatic rings. The van der Waals surface area contributed by atoms with Crippen molar-refractivity contribution in [1.82, 2.24) is 5.32 Å². The van der Waals surface area contributed by atoms with Crippen molar-refractivity contribution in [3.8, 4) is 0 Å². The van der Waals surface area contributed by atoms with E-state index in [-0.39, 0.29) is 12.0 Å². The summed E-state index contributed by atoms with van der Waals surface area (Å²) in [4.78, 5) is 23.7. The minimum absolute atomic E-state index is 0.142. The number of hydrogen-bond acceptors (Lipinski definition) is 6. The second kappa shape index (κ2) is 12.1. The molecule has 1 saturated heterocycles. The molecule has 1 fully saturated rings. The Morgan fingerprint density at radius 1 is 1.25 bits per heavy atom. The smallest absolute Gasteiger partial charge is 0.338 e. The first-order chi connectivity index (χ1) is 13.5. The summed E-state index contributed by atoms with van der Waals surface area (Å²) in [6.45, 7) is 3.94. The molecule has 0 radical (unpaired) electrons. The second-order valence-corrected chi connectivity index (χ2v) is 8.24. The highest BCUT2D eigenvalue weighted by Crippen LogP contribution is 2.31. The molecule has 1 heterocycles. The van der Waals surface area contributed by atoms with Crippen LogP contribution in [0.15, 0.2) is 30.3 Å². The van der Waals surface area contributed by atoms with Gasteiger partial charge in [-0.15, -0.1) is 11.8 Å². The summed E-state index contributed by atoms with van der Waals surface area (Å²) in [5.41, 5.74) is -0.0360. The van der Waals surface area contributed by atoms with E-state index in [0.717, 1.165) is 18.6 Å². The third-order valence-electron chi connectivity index (χ3n) is 4.61. The molecule has 1 aliphatic heterocycles. The maximum absolute atomic E-state index is 12.4. The van der Waals surface area contributed by atoms with Crippen LogP contribution in [0, 0.1) is 0 Å². The van der Waals surface area contributed by atoms with E-state index in [1.54, 1.807) is 36.0 Å². The van der Waals surface area contributed by atoms with Crippen LogP contribution in [0.3, 0.4) is 0 Å². The van der Waals surface area contributed by atoms with Gasteiger partial charge in [0.15, 0.2) is 0 Å². The summed E-state index contributed by atoms with van der Waals surface area (Å²) in [6, 6.07) is 8.73. The van der Waals surface area contributed by atoms with Crippen molar-refractivity contribution in [2.24, 2.45) is 0 Å². The normalized spacial score (nSPS) is 24.5. The van der Waals surface area contributed by atoms with Crippen LogP contribution in [0.2, 0.25) is 0 Å². The number of unbranched alkanes of at least 4 members (excludes halogenated alkanes) is 3. The van der Waals surface area contributed by atoms with Crippen LogP contribution >= 0.6 is 11.8 Å². The van der Waals surface area contributed by atoms with Gasteiger partial charge in [0, 0.05) is 19.9 Å². The summed E-state index contributed by atoms with van der Waals surface area (Å²) < 4.78 is 11.6. The van der Waals surface area contributed by atoms with Crippen LogP contribution in [0.1, 0.15) is 56.3 Å². The number of hydrogen-bond donors (Lipinski definition) is 2. The van der Waals surface area contributed by atoms with Crippen molar-refractivity contribution < 1.29 is 24.2 Å². The molecule has 0 saturated carbocycles. The molecule has 0 unspecified atom stereocenters. The number of thioether (sulfide) groups is 1. The number of nitrogens with one attached hydrogen (secondary N) is 1. The van der Waals surface area contributed by atoms with Crippen molar-refractivity contribution in [3.05, 3.63) is 35.9 Å². The lowest BCUT2D eigenvalue weighted by Gasteiger charge is -2.38. The van der Waals surface area contributed by atoms with Crippen LogP contribution in [0.5, 0.6) is 0 Å². The lowest BCUT2D eigenvalue weighted by molar-refractivity contribution is -0.140. The topological polar surface area (TPSA) is 84.9 Å². The standard InChI is InChI=1S/C21H31NO5S/c1-3-4-5-9-12-28-21-19(24)18(13-17(26-21)14-22-15(2)23)27-20(25)16-10-7-6-8-11-16/h6-8,10-11,17-19,21,24H,3-5,9,12-14H2,1-2H3,(H,22,23)/t17-,18-,19-,21-/m1/s1. The number of ether oxygens (including phenoxy) is 2. The molecule has 0 aliphatic carbocycles. The third kappa shape index (κ3) is 7.45. The minimum atomic E-state index is -0.905. The highest BCUT2D eigenvalue weighted by Gasteiger charge is 2.40. The largest absolute Gasteiger partial charge is 0.456 e. The molecule has 1 aromatic carbocycles. The zero-order valence-corrected chi connectivity index (χ0v) is 17.5. The van der Waals surface area contributed by atoms with E-state index in [4.69, 9.17) is 9.47 Å². The number of aliphatic hydroxyl groups excluding tert-OH is 1. The first kappa shape index (κ1) is 22.7. The van der Waals surface area contributed by atoms with Gasteiger partial charge in [0.25, 0.3) is 0 Å². The molecular weight excluding hydrogens is 378 g/mol. The van der Waals surface area contributed by atoms with Gasteiger partial charge in [-0.05, 0) is 24.3 Å². The van der Waals surface area contributed by atoms with Crippen LogP contribution in [-0.4, -0.2) is 53.0 Å². The number of esters is 1. The molecule has 0 aromatic heterocycles. The predicted molar refractivity (Wildman–Crippen MR) is 110 cm³/mol. The molecule has 1 aromatic rings. The molecule has 156 valence electrons. The fraction of sp³-hybridized carbons (Fsp3) is 0.619. The van der Waals surface area contributed by atoms with E-state index in [1.807, 2.05) is 6.07 Å². The van der Waals surface area contributed by atoms with Gasteiger partial charge in [-0.25, -0.2) is 4.79 Å². The molecule has 0 bridgehead atoms. The molecule has 7 heteroatoms. The Bertz CT molecular complexity index is 612. The zero-order valence-electron chi connectivity index (χ0n) is 16.6. The van der Waals surface area contributed by atoms with Crippen LogP contribution in [-0.2, 0) is 14.3 Å². The number of carbonyl (C=O) groups excluding carboxylic acids is 2. The Balaban J connectivity index is 1.97. The van der Waals surface area contributed by atoms with Gasteiger partial charge in [0.1, 0.15) is 17.6 Å². The predicted octanol–water partition coefficient (Wildman–Crippen LogP) is 3.14. The fourth-order valence-corrected chi connectivity index (χ4v) is 4.26. The number of rotatable bonds is 10. The van der Waals surface area contributed by atoms with Crippen molar-refractivity contribution in [3.63, 3.8) is 0 Å². The Kier molecular flexibility index (Phi) is 9.81. The number of aliphatic hydroxyl groups is 1. The van der Waals surface area contributed by atoms with Crippen LogP contribution in [0.4, 0.5) is 0 Å². The first-order valence-electron chi connectivity index (χ1n) is 9.96. The lowest BCUT2D eigenvalue weighted by Crippen LogP contribution is -2.51. The Hall–Kier alpha value is -1.57. The van der Waals surface area contributed by atoms with Gasteiger partial charge in [-0.1, -0.05) is 44.4 Å². The van der Waals surface area contributed by atoms with E-state index >= 15 is 0 Å². The average Bonchev–Trinajstić information content (AvgIpc) is 2.69. The average molecular weight is 410 g/mol. The van der Waals surface area contributed by atoms with E-state index in [0.29, 0.717) is 18.5 Å². The van der Waals surface area contributed by atoms with Gasteiger partial charge < -0.3 is 19.9 Å². The number of amides is 1. The number of carbonyl (C=O) groups is 2.